The Morgan fingerprint density at radius 2 is 1.52 bits per heavy atom. The van der Waals surface area contributed by atoms with E-state index in [4.69, 9.17) is 14.3 Å². The molecule has 1 heterocycles. The third kappa shape index (κ3) is 8.62. The highest BCUT2D eigenvalue weighted by Crippen LogP contribution is 2.34. The average molecular weight is 609 g/mol. The third-order valence-electron chi connectivity index (χ3n) is 6.42. The number of benzene rings is 3. The second-order valence-electron chi connectivity index (χ2n) is 9.47. The maximum absolute atomic E-state index is 13.7. The van der Waals surface area contributed by atoms with Gasteiger partial charge in [0.15, 0.2) is 0 Å². The summed E-state index contributed by atoms with van der Waals surface area (Å²) in [6.07, 6.45) is 0.549. The van der Waals surface area contributed by atoms with Crippen LogP contribution in [0, 0.1) is 0 Å². The van der Waals surface area contributed by atoms with Crippen LogP contribution in [0.5, 0.6) is 0 Å². The van der Waals surface area contributed by atoms with Crippen LogP contribution < -0.4 is 15.4 Å². The van der Waals surface area contributed by atoms with E-state index in [1.165, 1.54) is 30.6 Å². The Bertz CT molecular complexity index is 1590. The van der Waals surface area contributed by atoms with Crippen molar-refractivity contribution in [1.29, 1.82) is 0 Å². The van der Waals surface area contributed by atoms with E-state index in [9.17, 15) is 18.0 Å². The summed E-state index contributed by atoms with van der Waals surface area (Å²) in [7, 11) is -3.17. The molecule has 2 atom stereocenters. The van der Waals surface area contributed by atoms with Crippen molar-refractivity contribution in [3.63, 3.8) is 0 Å². The van der Waals surface area contributed by atoms with Gasteiger partial charge in [-0.3, -0.25) is 14.1 Å². The molecule has 4 rings (SSSR count). The maximum Gasteiger partial charge on any atom is 0.407 e. The predicted octanol–water partition coefficient (Wildman–Crippen LogP) is 4.95. The first kappa shape index (κ1) is 30.7. The SMILES string of the molecule is CCc1nc([C@H](Cc2ccc(NS(=O)(=O)O)cc2)NC(=O)C(Cc2ccccc2)NC(=O)OC)sc1-c1ccccc1. The number of anilines is 1. The van der Waals surface area contributed by atoms with E-state index in [1.807, 2.05) is 72.3 Å². The van der Waals surface area contributed by atoms with Crippen molar-refractivity contribution in [2.75, 3.05) is 11.8 Å². The van der Waals surface area contributed by atoms with Crippen LogP contribution in [0.15, 0.2) is 84.9 Å². The number of methoxy groups -OCH3 is 1. The Hall–Kier alpha value is -4.26. The summed E-state index contributed by atoms with van der Waals surface area (Å²) in [5.74, 6) is -0.409. The van der Waals surface area contributed by atoms with E-state index in [1.54, 1.807) is 12.1 Å². The summed E-state index contributed by atoms with van der Waals surface area (Å²) >= 11 is 1.49. The first-order valence-electron chi connectivity index (χ1n) is 13.2. The van der Waals surface area contributed by atoms with Gasteiger partial charge < -0.3 is 15.4 Å². The molecule has 0 spiro atoms. The number of amides is 2. The molecule has 4 N–H and O–H groups in total. The molecule has 1 aromatic heterocycles. The van der Waals surface area contributed by atoms with Gasteiger partial charge in [-0.15, -0.1) is 11.3 Å². The highest BCUT2D eigenvalue weighted by molar-refractivity contribution is 7.87. The van der Waals surface area contributed by atoms with Crippen LogP contribution in [0.2, 0.25) is 0 Å². The van der Waals surface area contributed by atoms with Gasteiger partial charge in [0, 0.05) is 6.42 Å². The first-order valence-corrected chi connectivity index (χ1v) is 15.5. The molecule has 2 amide bonds. The zero-order valence-corrected chi connectivity index (χ0v) is 24.7. The molecule has 0 fully saturated rings. The van der Waals surface area contributed by atoms with Crippen molar-refractivity contribution in [2.24, 2.45) is 0 Å². The fraction of sp³-hybridized carbons (Fsp3) is 0.233. The summed E-state index contributed by atoms with van der Waals surface area (Å²) in [6.45, 7) is 2.02. The summed E-state index contributed by atoms with van der Waals surface area (Å²) in [6, 6.07) is 24.2. The smallest absolute Gasteiger partial charge is 0.407 e. The summed E-state index contributed by atoms with van der Waals surface area (Å²) in [5, 5.41) is 6.42. The van der Waals surface area contributed by atoms with Crippen LogP contribution in [0.4, 0.5) is 10.5 Å². The molecule has 3 aromatic carbocycles. The molecular weight excluding hydrogens is 576 g/mol. The second kappa shape index (κ2) is 14.1. The molecule has 0 aliphatic rings. The second-order valence-corrected chi connectivity index (χ2v) is 11.6. The van der Waals surface area contributed by atoms with Crippen molar-refractivity contribution in [3.8, 4) is 10.4 Å². The monoisotopic (exact) mass is 608 g/mol. The minimum absolute atomic E-state index is 0.195. The van der Waals surface area contributed by atoms with Crippen molar-refractivity contribution in [3.05, 3.63) is 107 Å². The molecule has 0 saturated heterocycles. The molecule has 220 valence electrons. The van der Waals surface area contributed by atoms with Crippen LogP contribution in [0.1, 0.15) is 34.8 Å². The number of rotatable bonds is 12. The first-order chi connectivity index (χ1) is 20.1. The highest BCUT2D eigenvalue weighted by atomic mass is 32.2. The minimum atomic E-state index is -4.41. The number of alkyl carbamates (subject to hydrolysis) is 1. The van der Waals surface area contributed by atoms with Gasteiger partial charge in [-0.1, -0.05) is 79.7 Å². The van der Waals surface area contributed by atoms with Crippen LogP contribution in [0.25, 0.3) is 10.4 Å². The number of nitrogens with one attached hydrogen (secondary N) is 3. The molecule has 0 aliphatic heterocycles. The number of carbonyl (C=O) groups is 2. The maximum atomic E-state index is 13.7. The lowest BCUT2D eigenvalue weighted by Gasteiger charge is -2.22. The van der Waals surface area contributed by atoms with Crippen LogP contribution in [-0.2, 0) is 39.1 Å². The lowest BCUT2D eigenvalue weighted by Crippen LogP contribution is -2.49. The van der Waals surface area contributed by atoms with Gasteiger partial charge in [-0.05, 0) is 41.7 Å². The van der Waals surface area contributed by atoms with Crippen molar-refractivity contribution >= 4 is 39.3 Å². The lowest BCUT2D eigenvalue weighted by atomic mass is 10.0. The van der Waals surface area contributed by atoms with Crippen LogP contribution >= 0.6 is 11.3 Å². The predicted molar refractivity (Wildman–Crippen MR) is 163 cm³/mol. The topological polar surface area (TPSA) is 147 Å². The van der Waals surface area contributed by atoms with E-state index >= 15 is 0 Å². The fourth-order valence-corrected chi connectivity index (χ4v) is 6.05. The van der Waals surface area contributed by atoms with E-state index < -0.39 is 34.4 Å². The van der Waals surface area contributed by atoms with Crippen LogP contribution in [0.3, 0.4) is 0 Å². The number of hydrogen-bond acceptors (Lipinski definition) is 7. The number of aryl methyl sites for hydroxylation is 1. The number of aromatic nitrogens is 1. The molecule has 42 heavy (non-hydrogen) atoms. The summed E-state index contributed by atoms with van der Waals surface area (Å²) in [4.78, 5) is 31.8. The van der Waals surface area contributed by atoms with Gasteiger partial charge in [0.25, 0.3) is 0 Å². The number of carbonyl (C=O) groups excluding carboxylic acids is 2. The molecule has 12 heteroatoms. The van der Waals surface area contributed by atoms with E-state index in [-0.39, 0.29) is 12.1 Å². The molecule has 0 radical (unpaired) electrons. The number of thiazole rings is 1. The van der Waals surface area contributed by atoms with Crippen molar-refractivity contribution in [1.82, 2.24) is 15.6 Å². The lowest BCUT2D eigenvalue weighted by molar-refractivity contribution is -0.123. The Kier molecular flexibility index (Phi) is 10.3. The molecule has 4 aromatic rings. The Labute approximate surface area is 249 Å². The van der Waals surface area contributed by atoms with E-state index in [0.717, 1.165) is 27.3 Å². The third-order valence-corrected chi connectivity index (χ3v) is 8.17. The van der Waals surface area contributed by atoms with Gasteiger partial charge in [0.1, 0.15) is 11.0 Å². The van der Waals surface area contributed by atoms with Gasteiger partial charge in [0.05, 0.1) is 29.4 Å². The highest BCUT2D eigenvalue weighted by Gasteiger charge is 2.27. The normalized spacial score (nSPS) is 12.6. The summed E-state index contributed by atoms with van der Waals surface area (Å²) in [5.41, 5.74) is 3.78. The fourth-order valence-electron chi connectivity index (χ4n) is 4.40. The van der Waals surface area contributed by atoms with Gasteiger partial charge in [-0.2, -0.15) is 8.42 Å². The zero-order chi connectivity index (χ0) is 30.1. The number of nitrogens with zero attached hydrogens (tertiary/aromatic N) is 1. The van der Waals surface area contributed by atoms with Crippen molar-refractivity contribution < 1.29 is 27.3 Å². The largest absolute Gasteiger partial charge is 0.453 e. The standard InChI is InChI=1S/C30H32N4O6S2/c1-3-24-27(22-12-8-5-9-13-22)41-29(32-24)26(19-21-14-16-23(17-15-21)34-42(37,38)39)31-28(35)25(33-30(36)40-2)18-20-10-6-4-7-11-20/h4-17,25-26,34H,3,18-19H2,1-2H3,(H,31,35)(H,33,36)(H,37,38,39)/t25?,26-/m0/s1. The Balaban J connectivity index is 1.66. The van der Waals surface area contributed by atoms with Gasteiger partial charge >= 0.3 is 16.4 Å². The molecule has 1 unspecified atom stereocenters. The van der Waals surface area contributed by atoms with E-state index in [2.05, 4.69) is 10.6 Å². The zero-order valence-electron chi connectivity index (χ0n) is 23.1. The molecular formula is C30H32N4O6S2. The van der Waals surface area contributed by atoms with Crippen LogP contribution in [-0.4, -0.2) is 43.1 Å². The quantitative estimate of drug-likeness (QED) is 0.166. The summed E-state index contributed by atoms with van der Waals surface area (Å²) < 4.78 is 38.3. The Morgan fingerprint density at radius 3 is 2.12 bits per heavy atom. The molecule has 0 bridgehead atoms. The van der Waals surface area contributed by atoms with Gasteiger partial charge in [0.2, 0.25) is 5.91 Å². The Morgan fingerprint density at radius 1 is 0.905 bits per heavy atom. The molecule has 10 nitrogen and oxygen atoms in total. The van der Waals surface area contributed by atoms with Crippen molar-refractivity contribution in [2.45, 2.75) is 38.3 Å². The molecule has 0 aliphatic carbocycles. The molecule has 0 saturated carbocycles. The minimum Gasteiger partial charge on any atom is -0.453 e. The van der Waals surface area contributed by atoms with Gasteiger partial charge in [-0.25, -0.2) is 9.78 Å². The number of ether oxygens (including phenoxy) is 1. The number of hydrogen-bond donors (Lipinski definition) is 4. The van der Waals surface area contributed by atoms with E-state index in [0.29, 0.717) is 17.8 Å². The average Bonchev–Trinajstić information content (AvgIpc) is 3.42.